The summed E-state index contributed by atoms with van der Waals surface area (Å²) in [6.45, 7) is 7.84. The zero-order valence-electron chi connectivity index (χ0n) is 12.8. The molecule has 4 heteroatoms. The summed E-state index contributed by atoms with van der Waals surface area (Å²) in [7, 11) is 0. The smallest absolute Gasteiger partial charge is 0.0798 e. The Balaban J connectivity index is 1.66. The maximum Gasteiger partial charge on any atom is 0.0798 e. The van der Waals surface area contributed by atoms with Crippen LogP contribution in [0.4, 0.5) is 5.69 Å². The highest BCUT2D eigenvalue weighted by Gasteiger charge is 2.13. The van der Waals surface area contributed by atoms with Crippen LogP contribution in [0.25, 0.3) is 0 Å². The highest BCUT2D eigenvalue weighted by Crippen LogP contribution is 2.25. The number of aryl methyl sites for hydroxylation is 1. The lowest BCUT2D eigenvalue weighted by Crippen LogP contribution is -2.18. The Morgan fingerprint density at radius 3 is 2.86 bits per heavy atom. The number of hydrogen-bond acceptors (Lipinski definition) is 4. The molecule has 0 radical (unpaired) electrons. The van der Waals surface area contributed by atoms with Gasteiger partial charge in [0.2, 0.25) is 0 Å². The van der Waals surface area contributed by atoms with Gasteiger partial charge in [-0.15, -0.1) is 11.3 Å². The first-order chi connectivity index (χ1) is 10.2. The Morgan fingerprint density at radius 2 is 2.14 bits per heavy atom. The predicted molar refractivity (Wildman–Crippen MR) is 89.8 cm³/mol. The van der Waals surface area contributed by atoms with Crippen molar-refractivity contribution in [2.24, 2.45) is 0 Å². The molecule has 1 aromatic carbocycles. The maximum atomic E-state index is 4.34. The van der Waals surface area contributed by atoms with Crippen LogP contribution in [0.3, 0.4) is 0 Å². The number of aromatic nitrogens is 1. The fraction of sp³-hybridized carbons (Fsp3) is 0.471. The van der Waals surface area contributed by atoms with Crippen LogP contribution in [-0.4, -0.2) is 23.0 Å². The lowest BCUT2D eigenvalue weighted by atomic mass is 10.1. The van der Waals surface area contributed by atoms with Crippen molar-refractivity contribution in [3.05, 3.63) is 45.9 Å². The minimum Gasteiger partial charge on any atom is -0.378 e. The summed E-state index contributed by atoms with van der Waals surface area (Å²) in [4.78, 5) is 8.19. The molecule has 1 aliphatic heterocycles. The molecule has 0 bridgehead atoms. The van der Waals surface area contributed by atoms with Crippen molar-refractivity contribution in [1.82, 2.24) is 9.88 Å². The van der Waals surface area contributed by atoms with E-state index in [1.54, 1.807) is 11.3 Å². The van der Waals surface area contributed by atoms with E-state index in [2.05, 4.69) is 53.3 Å². The van der Waals surface area contributed by atoms with Crippen LogP contribution in [0.1, 0.15) is 41.9 Å². The third kappa shape index (κ3) is 3.63. The highest BCUT2D eigenvalue weighted by atomic mass is 32.1. The van der Waals surface area contributed by atoms with E-state index >= 15 is 0 Å². The van der Waals surface area contributed by atoms with Gasteiger partial charge in [0.1, 0.15) is 0 Å². The maximum absolute atomic E-state index is 4.34. The van der Waals surface area contributed by atoms with Gasteiger partial charge in [0.25, 0.3) is 0 Å². The second-order valence-corrected chi connectivity index (χ2v) is 6.74. The SMILES string of the molecule is Cc1ncsc1C(C)Nc1cccc(CN2CCCC2)c1. The Labute approximate surface area is 131 Å². The van der Waals surface area contributed by atoms with Crippen LogP contribution in [0, 0.1) is 6.92 Å². The van der Waals surface area contributed by atoms with Crippen molar-refractivity contribution in [2.45, 2.75) is 39.3 Å². The monoisotopic (exact) mass is 301 g/mol. The largest absolute Gasteiger partial charge is 0.378 e. The molecule has 0 saturated carbocycles. The van der Waals surface area contributed by atoms with Crippen molar-refractivity contribution in [2.75, 3.05) is 18.4 Å². The summed E-state index contributed by atoms with van der Waals surface area (Å²) < 4.78 is 0. The number of benzene rings is 1. The normalized spacial score (nSPS) is 17.0. The first-order valence-corrected chi connectivity index (χ1v) is 8.58. The van der Waals surface area contributed by atoms with E-state index in [0.29, 0.717) is 6.04 Å². The molecule has 0 amide bonds. The molecular weight excluding hydrogens is 278 g/mol. The van der Waals surface area contributed by atoms with Crippen molar-refractivity contribution in [3.63, 3.8) is 0 Å². The highest BCUT2D eigenvalue weighted by molar-refractivity contribution is 7.09. The van der Waals surface area contributed by atoms with Gasteiger partial charge in [0.05, 0.1) is 17.2 Å². The van der Waals surface area contributed by atoms with Crippen LogP contribution in [0.5, 0.6) is 0 Å². The van der Waals surface area contributed by atoms with E-state index < -0.39 is 0 Å². The van der Waals surface area contributed by atoms with Gasteiger partial charge in [0.15, 0.2) is 0 Å². The molecular formula is C17H23N3S. The first kappa shape index (κ1) is 14.5. The van der Waals surface area contributed by atoms with Crippen molar-refractivity contribution < 1.29 is 0 Å². The Morgan fingerprint density at radius 1 is 1.33 bits per heavy atom. The number of likely N-dealkylation sites (tertiary alicyclic amines) is 1. The molecule has 21 heavy (non-hydrogen) atoms. The number of nitrogens with zero attached hydrogens (tertiary/aromatic N) is 2. The number of hydrogen-bond donors (Lipinski definition) is 1. The lowest BCUT2D eigenvalue weighted by molar-refractivity contribution is 0.331. The second-order valence-electron chi connectivity index (χ2n) is 5.85. The van der Waals surface area contributed by atoms with E-state index in [0.717, 1.165) is 12.2 Å². The average molecular weight is 301 g/mol. The Hall–Kier alpha value is -1.39. The van der Waals surface area contributed by atoms with Gasteiger partial charge in [-0.05, 0) is 57.5 Å². The fourth-order valence-electron chi connectivity index (χ4n) is 3.00. The van der Waals surface area contributed by atoms with Gasteiger partial charge >= 0.3 is 0 Å². The van der Waals surface area contributed by atoms with E-state index in [-0.39, 0.29) is 0 Å². The number of rotatable bonds is 5. The summed E-state index contributed by atoms with van der Waals surface area (Å²) >= 11 is 1.73. The number of anilines is 1. The van der Waals surface area contributed by atoms with Gasteiger partial charge in [-0.3, -0.25) is 4.90 Å². The summed E-state index contributed by atoms with van der Waals surface area (Å²) in [6, 6.07) is 9.12. The molecule has 1 N–H and O–H groups in total. The Kier molecular flexibility index (Phi) is 4.56. The standard InChI is InChI=1S/C17H23N3S/c1-13-17(21-12-18-13)14(2)19-16-7-5-6-15(10-16)11-20-8-3-4-9-20/h5-7,10,12,14,19H,3-4,8-9,11H2,1-2H3. The predicted octanol–water partition coefficient (Wildman–Crippen LogP) is 4.22. The molecule has 1 fully saturated rings. The van der Waals surface area contributed by atoms with E-state index in [1.807, 2.05) is 5.51 Å². The van der Waals surface area contributed by atoms with Crippen LogP contribution in [0.2, 0.25) is 0 Å². The number of thiazole rings is 1. The quantitative estimate of drug-likeness (QED) is 0.896. The Bertz CT molecular complexity index is 587. The van der Waals surface area contributed by atoms with Gasteiger partial charge in [-0.25, -0.2) is 4.98 Å². The van der Waals surface area contributed by atoms with Gasteiger partial charge < -0.3 is 5.32 Å². The summed E-state index contributed by atoms with van der Waals surface area (Å²) in [5, 5.41) is 3.60. The third-order valence-electron chi connectivity index (χ3n) is 4.09. The fourth-order valence-corrected chi connectivity index (χ4v) is 3.81. The molecule has 0 spiro atoms. The van der Waals surface area contributed by atoms with Crippen LogP contribution in [-0.2, 0) is 6.54 Å². The topological polar surface area (TPSA) is 28.2 Å². The molecule has 1 atom stereocenters. The number of nitrogens with one attached hydrogen (secondary N) is 1. The molecule has 112 valence electrons. The minimum absolute atomic E-state index is 0.305. The second kappa shape index (κ2) is 6.58. The van der Waals surface area contributed by atoms with Crippen LogP contribution >= 0.6 is 11.3 Å². The minimum atomic E-state index is 0.305. The molecule has 2 aromatic rings. The first-order valence-electron chi connectivity index (χ1n) is 7.70. The van der Waals surface area contributed by atoms with E-state index in [9.17, 15) is 0 Å². The molecule has 0 aliphatic carbocycles. The molecule has 1 saturated heterocycles. The van der Waals surface area contributed by atoms with Gasteiger partial charge in [-0.2, -0.15) is 0 Å². The van der Waals surface area contributed by atoms with Crippen LogP contribution in [0.15, 0.2) is 29.8 Å². The third-order valence-corrected chi connectivity index (χ3v) is 5.20. The molecule has 3 nitrogen and oxygen atoms in total. The van der Waals surface area contributed by atoms with Crippen molar-refractivity contribution in [3.8, 4) is 0 Å². The average Bonchev–Trinajstić information content (AvgIpc) is 3.10. The van der Waals surface area contributed by atoms with Gasteiger partial charge in [-0.1, -0.05) is 12.1 Å². The zero-order chi connectivity index (χ0) is 14.7. The molecule has 3 rings (SSSR count). The molecule has 1 aromatic heterocycles. The zero-order valence-corrected chi connectivity index (χ0v) is 13.6. The molecule has 2 heterocycles. The lowest BCUT2D eigenvalue weighted by Gasteiger charge is -2.17. The van der Waals surface area contributed by atoms with Gasteiger partial charge in [0, 0.05) is 17.1 Å². The molecule has 1 aliphatic rings. The summed E-state index contributed by atoms with van der Waals surface area (Å²) in [5.74, 6) is 0. The van der Waals surface area contributed by atoms with Crippen LogP contribution < -0.4 is 5.32 Å². The summed E-state index contributed by atoms with van der Waals surface area (Å²) in [5.41, 5.74) is 5.66. The van der Waals surface area contributed by atoms with E-state index in [1.165, 1.54) is 42.1 Å². The molecule has 1 unspecified atom stereocenters. The van der Waals surface area contributed by atoms with E-state index in [4.69, 9.17) is 0 Å². The van der Waals surface area contributed by atoms with Crippen molar-refractivity contribution >= 4 is 17.0 Å². The van der Waals surface area contributed by atoms with Crippen molar-refractivity contribution in [1.29, 1.82) is 0 Å². The summed E-state index contributed by atoms with van der Waals surface area (Å²) in [6.07, 6.45) is 2.69.